The van der Waals surface area contributed by atoms with Gasteiger partial charge in [0.1, 0.15) is 18.3 Å². The normalized spacial score (nSPS) is 35.8. The summed E-state index contributed by atoms with van der Waals surface area (Å²) in [5, 5.41) is 0. The number of hydrogen-bond donors (Lipinski definition) is 0. The first-order valence-electron chi connectivity index (χ1n) is 7.85. The Morgan fingerprint density at radius 1 is 0.640 bits per heavy atom. The van der Waals surface area contributed by atoms with Gasteiger partial charge in [-0.1, -0.05) is 0 Å². The van der Waals surface area contributed by atoms with Gasteiger partial charge >= 0.3 is 23.9 Å². The topological polar surface area (TPSA) is 114 Å². The number of fused-ring (bicyclic) bond motifs is 1. The van der Waals surface area contributed by atoms with E-state index in [1.54, 1.807) is 0 Å². The van der Waals surface area contributed by atoms with E-state index in [1.165, 1.54) is 35.0 Å². The summed E-state index contributed by atoms with van der Waals surface area (Å²) >= 11 is 0. The van der Waals surface area contributed by atoms with Crippen molar-refractivity contribution in [3.63, 3.8) is 0 Å². The molecule has 0 bridgehead atoms. The van der Waals surface area contributed by atoms with E-state index < -0.39 is 66.0 Å². The molecule has 0 aromatic carbocycles. The van der Waals surface area contributed by atoms with Crippen molar-refractivity contribution in [2.45, 2.75) is 45.2 Å². The van der Waals surface area contributed by atoms with Crippen molar-refractivity contribution >= 4 is 23.9 Å². The molecule has 2 saturated carbocycles. The van der Waals surface area contributed by atoms with Gasteiger partial charge in [-0.2, -0.15) is 0 Å². The van der Waals surface area contributed by atoms with Crippen LogP contribution in [-0.4, -0.2) is 62.5 Å². The van der Waals surface area contributed by atoms with E-state index in [-0.39, 0.29) is 0 Å². The minimum Gasteiger partial charge on any atom is -0.469 e. The minimum atomic E-state index is -1.01. The van der Waals surface area contributed by atoms with Crippen LogP contribution in [-0.2, 0) is 42.9 Å². The lowest BCUT2D eigenvalue weighted by Gasteiger charge is -2.39. The van der Waals surface area contributed by atoms with Crippen molar-refractivity contribution in [1.82, 2.24) is 0 Å². The molecular formula is C16H22O9. The molecule has 0 unspecified atom stereocenters. The third-order valence-electron chi connectivity index (χ3n) is 4.51. The summed E-state index contributed by atoms with van der Waals surface area (Å²) in [5.74, 6) is -3.85. The smallest absolute Gasteiger partial charge is 0.309 e. The molecule has 0 aliphatic heterocycles. The van der Waals surface area contributed by atoms with Gasteiger partial charge in [0.15, 0.2) is 6.10 Å². The Labute approximate surface area is 144 Å². The fourth-order valence-corrected chi connectivity index (χ4v) is 3.74. The van der Waals surface area contributed by atoms with Crippen LogP contribution >= 0.6 is 0 Å². The molecule has 2 rings (SSSR count). The molecule has 7 atom stereocenters. The molecule has 0 radical (unpaired) electrons. The second kappa shape index (κ2) is 7.38. The van der Waals surface area contributed by atoms with Gasteiger partial charge < -0.3 is 23.7 Å². The van der Waals surface area contributed by atoms with Gasteiger partial charge in [-0.3, -0.25) is 19.2 Å². The zero-order valence-electron chi connectivity index (χ0n) is 14.7. The summed E-state index contributed by atoms with van der Waals surface area (Å²) in [6, 6.07) is 0. The molecule has 0 amide bonds. The third-order valence-corrected chi connectivity index (χ3v) is 4.51. The predicted molar refractivity (Wildman–Crippen MR) is 79.9 cm³/mol. The Balaban J connectivity index is 2.41. The van der Waals surface area contributed by atoms with Gasteiger partial charge in [-0.15, -0.1) is 0 Å². The number of esters is 4. The Hall–Kier alpha value is -2.16. The first-order valence-corrected chi connectivity index (χ1v) is 7.85. The Bertz CT molecular complexity index is 572. The van der Waals surface area contributed by atoms with Crippen LogP contribution in [0.4, 0.5) is 0 Å². The van der Waals surface area contributed by atoms with E-state index >= 15 is 0 Å². The Morgan fingerprint density at radius 2 is 1.04 bits per heavy atom. The Kier molecular flexibility index (Phi) is 5.66. The molecule has 2 fully saturated rings. The lowest BCUT2D eigenvalue weighted by atomic mass is 9.89. The average molecular weight is 358 g/mol. The van der Waals surface area contributed by atoms with Gasteiger partial charge in [0.05, 0.1) is 13.0 Å². The van der Waals surface area contributed by atoms with Gasteiger partial charge in [-0.05, 0) is 0 Å². The van der Waals surface area contributed by atoms with Crippen molar-refractivity contribution in [3.8, 4) is 0 Å². The molecule has 9 nitrogen and oxygen atoms in total. The van der Waals surface area contributed by atoms with Crippen LogP contribution in [0.25, 0.3) is 0 Å². The third kappa shape index (κ3) is 3.76. The van der Waals surface area contributed by atoms with E-state index in [9.17, 15) is 19.2 Å². The van der Waals surface area contributed by atoms with Crippen LogP contribution in [0.15, 0.2) is 0 Å². The first-order chi connectivity index (χ1) is 11.7. The Morgan fingerprint density at radius 3 is 1.40 bits per heavy atom. The molecule has 0 N–H and O–H groups in total. The minimum absolute atomic E-state index is 0.447. The van der Waals surface area contributed by atoms with E-state index in [0.717, 1.165) is 0 Å². The summed E-state index contributed by atoms with van der Waals surface area (Å²) < 4.78 is 26.1. The molecule has 0 aromatic rings. The van der Waals surface area contributed by atoms with Gasteiger partial charge in [0.25, 0.3) is 0 Å². The summed E-state index contributed by atoms with van der Waals surface area (Å²) in [4.78, 5) is 46.6. The molecule has 140 valence electrons. The summed E-state index contributed by atoms with van der Waals surface area (Å²) in [7, 11) is 2.60. The lowest BCUT2D eigenvalue weighted by Crippen LogP contribution is -2.56. The molecule has 2 aliphatic rings. The second-order valence-electron chi connectivity index (χ2n) is 6.13. The van der Waals surface area contributed by atoms with E-state index in [4.69, 9.17) is 23.7 Å². The molecule has 0 spiro atoms. The monoisotopic (exact) mass is 358 g/mol. The number of carbonyl (C=O) groups is 4. The van der Waals surface area contributed by atoms with Crippen molar-refractivity contribution in [3.05, 3.63) is 0 Å². The van der Waals surface area contributed by atoms with Crippen LogP contribution in [0.1, 0.15) is 20.8 Å². The lowest BCUT2D eigenvalue weighted by molar-refractivity contribution is -0.205. The largest absolute Gasteiger partial charge is 0.469 e. The highest BCUT2D eigenvalue weighted by Crippen LogP contribution is 2.58. The highest BCUT2D eigenvalue weighted by Gasteiger charge is 2.72. The molecular weight excluding hydrogens is 336 g/mol. The number of methoxy groups -OCH3 is 2. The standard InChI is InChI=1S/C16H22O9/c1-6(17)23-12-9-10(11(9)16(20)22-5)13(24-7(2)18)15(14(12)21-4)25-8(3)19/h9-15H,1-5H3/t9-,10+,11+,12-,13-,14+,15+/m0/s1. The number of ether oxygens (including phenoxy) is 5. The fourth-order valence-electron chi connectivity index (χ4n) is 3.74. The fraction of sp³-hybridized carbons (Fsp3) is 0.750. The number of carbonyl (C=O) groups excluding carboxylic acids is 4. The van der Waals surface area contributed by atoms with Crippen molar-refractivity contribution in [2.75, 3.05) is 14.2 Å². The average Bonchev–Trinajstić information content (AvgIpc) is 3.24. The zero-order valence-corrected chi connectivity index (χ0v) is 14.7. The maximum atomic E-state index is 12.1. The molecule has 0 saturated heterocycles. The molecule has 9 heteroatoms. The molecule has 0 aromatic heterocycles. The van der Waals surface area contributed by atoms with Crippen LogP contribution in [0.5, 0.6) is 0 Å². The highest BCUT2D eigenvalue weighted by molar-refractivity contribution is 5.78. The molecule has 25 heavy (non-hydrogen) atoms. The first kappa shape index (κ1) is 19.2. The van der Waals surface area contributed by atoms with Crippen molar-refractivity contribution in [1.29, 1.82) is 0 Å². The molecule has 0 heterocycles. The van der Waals surface area contributed by atoms with Crippen LogP contribution in [0.3, 0.4) is 0 Å². The van der Waals surface area contributed by atoms with Crippen LogP contribution in [0, 0.1) is 17.8 Å². The number of hydrogen-bond acceptors (Lipinski definition) is 9. The van der Waals surface area contributed by atoms with Crippen molar-refractivity contribution in [2.24, 2.45) is 17.8 Å². The molecule has 2 aliphatic carbocycles. The summed E-state index contributed by atoms with van der Waals surface area (Å²) in [6.07, 6.45) is -3.61. The maximum Gasteiger partial charge on any atom is 0.309 e. The SMILES string of the molecule is COC(=O)[C@@H]1[C@H]2[C@H](OC(C)=O)[C@@H](OC)[C@H](OC(C)=O)[C@@H](OC(C)=O)[C@@H]12. The van der Waals surface area contributed by atoms with E-state index in [1.807, 2.05) is 0 Å². The second-order valence-corrected chi connectivity index (χ2v) is 6.13. The van der Waals surface area contributed by atoms with Gasteiger partial charge in [0.2, 0.25) is 0 Å². The maximum absolute atomic E-state index is 12.1. The summed E-state index contributed by atoms with van der Waals surface area (Å²) in [6.45, 7) is 3.65. The van der Waals surface area contributed by atoms with Gasteiger partial charge in [0, 0.05) is 39.7 Å². The van der Waals surface area contributed by atoms with Crippen molar-refractivity contribution < 1.29 is 42.9 Å². The zero-order chi connectivity index (χ0) is 18.9. The van der Waals surface area contributed by atoms with Crippen LogP contribution in [0.2, 0.25) is 0 Å². The quantitative estimate of drug-likeness (QED) is 0.488. The number of rotatable bonds is 5. The van der Waals surface area contributed by atoms with Crippen LogP contribution < -0.4 is 0 Å². The predicted octanol–water partition coefficient (Wildman–Crippen LogP) is -0.155. The van der Waals surface area contributed by atoms with E-state index in [2.05, 4.69) is 0 Å². The van der Waals surface area contributed by atoms with Gasteiger partial charge in [-0.25, -0.2) is 0 Å². The van der Waals surface area contributed by atoms with E-state index in [0.29, 0.717) is 0 Å². The highest BCUT2D eigenvalue weighted by atomic mass is 16.6. The summed E-state index contributed by atoms with van der Waals surface area (Å²) in [5.41, 5.74) is 0.